The van der Waals surface area contributed by atoms with Crippen LogP contribution in [0.25, 0.3) is 16.7 Å². The Bertz CT molecular complexity index is 1890. The third-order valence-electron chi connectivity index (χ3n) is 6.14. The maximum atomic E-state index is 13.3. The van der Waals surface area contributed by atoms with Crippen LogP contribution in [0.1, 0.15) is 21.6 Å². The molecule has 1 N–H and O–H groups in total. The Morgan fingerprint density at radius 1 is 0.925 bits per heavy atom. The molecule has 3 aromatic carbocycles. The molecule has 0 bridgehead atoms. The third kappa shape index (κ3) is 5.74. The molecule has 9 nitrogen and oxygen atoms in total. The first-order valence-corrected chi connectivity index (χ1v) is 14.0. The second kappa shape index (κ2) is 10.7. The molecule has 11 heteroatoms. The topological polar surface area (TPSA) is 120 Å². The summed E-state index contributed by atoms with van der Waals surface area (Å²) >= 11 is 0. The molecule has 40 heavy (non-hydrogen) atoms. The van der Waals surface area contributed by atoms with Crippen LogP contribution in [0.5, 0.6) is 11.8 Å². The molecule has 0 fully saturated rings. The minimum Gasteiger partial charge on any atom is -0.424 e. The normalized spacial score (nSPS) is 11.4. The van der Waals surface area contributed by atoms with Gasteiger partial charge in [0, 0.05) is 29.8 Å². The number of amides is 1. The average Bonchev–Trinajstić information content (AvgIpc) is 2.93. The Morgan fingerprint density at radius 2 is 1.60 bits per heavy atom. The number of sulfone groups is 1. The van der Waals surface area contributed by atoms with Gasteiger partial charge >= 0.3 is 6.01 Å². The third-order valence-corrected chi connectivity index (χ3v) is 7.26. The fourth-order valence-corrected chi connectivity index (χ4v) is 4.67. The number of aryl methyl sites for hydroxylation is 1. The Hall–Kier alpha value is -4.90. The lowest BCUT2D eigenvalue weighted by Gasteiger charge is -2.13. The lowest BCUT2D eigenvalue weighted by Crippen LogP contribution is -2.23. The smallest absolute Gasteiger partial charge is 0.324 e. The maximum Gasteiger partial charge on any atom is 0.324 e. The van der Waals surface area contributed by atoms with Gasteiger partial charge in [-0.2, -0.15) is 9.97 Å². The van der Waals surface area contributed by atoms with Gasteiger partial charge in [0.1, 0.15) is 11.6 Å². The fourth-order valence-electron chi connectivity index (χ4n) is 4.04. The predicted molar refractivity (Wildman–Crippen MR) is 147 cm³/mol. The Kier molecular flexibility index (Phi) is 7.14. The quantitative estimate of drug-likeness (QED) is 0.315. The number of fused-ring (bicyclic) bond motifs is 1. The molecule has 0 saturated heterocycles. The highest BCUT2D eigenvalue weighted by atomic mass is 32.2. The summed E-state index contributed by atoms with van der Waals surface area (Å²) in [6, 6.07) is 21.2. The molecule has 5 rings (SSSR count). The molecule has 0 unspecified atom stereocenters. The van der Waals surface area contributed by atoms with Crippen LogP contribution in [-0.4, -0.2) is 35.1 Å². The first kappa shape index (κ1) is 26.7. The van der Waals surface area contributed by atoms with E-state index in [0.717, 1.165) is 11.8 Å². The molecule has 0 radical (unpaired) electrons. The van der Waals surface area contributed by atoms with Crippen molar-refractivity contribution in [1.82, 2.24) is 19.9 Å². The van der Waals surface area contributed by atoms with Gasteiger partial charge in [0.15, 0.2) is 15.5 Å². The number of aromatic nitrogens is 3. The molecule has 0 atom stereocenters. The van der Waals surface area contributed by atoms with Crippen molar-refractivity contribution in [3.63, 3.8) is 0 Å². The van der Waals surface area contributed by atoms with E-state index in [1.165, 1.54) is 47.0 Å². The number of pyridine rings is 1. The number of rotatable bonds is 7. The number of nitrogens with one attached hydrogen (secondary N) is 1. The van der Waals surface area contributed by atoms with Crippen molar-refractivity contribution >= 4 is 26.8 Å². The average molecular weight is 559 g/mol. The Morgan fingerprint density at radius 3 is 2.25 bits per heavy atom. The fraction of sp³-hybridized carbons (Fsp3) is 0.103. The van der Waals surface area contributed by atoms with Crippen LogP contribution in [0, 0.1) is 12.7 Å². The van der Waals surface area contributed by atoms with Gasteiger partial charge in [0.05, 0.1) is 16.3 Å². The van der Waals surface area contributed by atoms with Gasteiger partial charge in [0.2, 0.25) is 0 Å². The van der Waals surface area contributed by atoms with E-state index in [1.807, 2.05) is 0 Å². The van der Waals surface area contributed by atoms with Crippen molar-refractivity contribution in [1.29, 1.82) is 0 Å². The SMILES string of the molecule is Cc1nc(Oc2ccc(F)cc2)nc2c1ccc(=O)n2-c1ccc(C(=O)NCc2ccc(S(C)(=O)=O)cc2)cc1. The molecule has 2 heterocycles. The van der Waals surface area contributed by atoms with E-state index < -0.39 is 15.7 Å². The summed E-state index contributed by atoms with van der Waals surface area (Å²) < 4.78 is 43.6. The van der Waals surface area contributed by atoms with Crippen LogP contribution in [0.3, 0.4) is 0 Å². The summed E-state index contributed by atoms with van der Waals surface area (Å²) in [5.74, 6) is -0.402. The summed E-state index contributed by atoms with van der Waals surface area (Å²) in [5.41, 5.74) is 2.15. The van der Waals surface area contributed by atoms with E-state index >= 15 is 0 Å². The largest absolute Gasteiger partial charge is 0.424 e. The Labute approximate surface area is 228 Å². The van der Waals surface area contributed by atoms with E-state index in [9.17, 15) is 22.4 Å². The summed E-state index contributed by atoms with van der Waals surface area (Å²) in [5, 5.41) is 3.43. The summed E-state index contributed by atoms with van der Waals surface area (Å²) in [6.07, 6.45) is 1.13. The number of carbonyl (C=O) groups excluding carboxylic acids is 1. The van der Waals surface area contributed by atoms with Crippen molar-refractivity contribution in [3.8, 4) is 17.4 Å². The number of halogens is 1. The molecule has 1 amide bonds. The molecular formula is C29H23FN4O5S. The van der Waals surface area contributed by atoms with Crippen molar-refractivity contribution in [3.05, 3.63) is 118 Å². The number of nitrogens with zero attached hydrogens (tertiary/aromatic N) is 3. The molecule has 0 saturated carbocycles. The number of hydrogen-bond acceptors (Lipinski definition) is 7. The van der Waals surface area contributed by atoms with Crippen molar-refractivity contribution in [2.45, 2.75) is 18.4 Å². The van der Waals surface area contributed by atoms with Crippen LogP contribution < -0.4 is 15.6 Å². The van der Waals surface area contributed by atoms with Crippen molar-refractivity contribution in [2.24, 2.45) is 0 Å². The predicted octanol–water partition coefficient (Wildman–Crippen LogP) is 4.35. The lowest BCUT2D eigenvalue weighted by atomic mass is 10.1. The van der Waals surface area contributed by atoms with Crippen LogP contribution in [0.15, 0.2) is 94.6 Å². The zero-order valence-electron chi connectivity index (χ0n) is 21.5. The lowest BCUT2D eigenvalue weighted by molar-refractivity contribution is 0.0951. The first-order chi connectivity index (χ1) is 19.1. The molecule has 0 aliphatic carbocycles. The van der Waals surface area contributed by atoms with Crippen molar-refractivity contribution < 1.29 is 22.3 Å². The zero-order chi connectivity index (χ0) is 28.4. The Balaban J connectivity index is 1.39. The number of ether oxygens (including phenoxy) is 1. The minimum absolute atomic E-state index is 0.00322. The highest BCUT2D eigenvalue weighted by Crippen LogP contribution is 2.24. The van der Waals surface area contributed by atoms with Gasteiger partial charge in [-0.3, -0.25) is 14.2 Å². The summed E-state index contributed by atoms with van der Waals surface area (Å²) in [6.45, 7) is 1.97. The molecule has 0 aliphatic rings. The second-order valence-corrected chi connectivity index (χ2v) is 11.1. The van der Waals surface area contributed by atoms with E-state index in [2.05, 4.69) is 15.3 Å². The van der Waals surface area contributed by atoms with Crippen LogP contribution in [-0.2, 0) is 16.4 Å². The standard InChI is InChI=1S/C29H23FN4O5S/c1-18-25-15-16-26(35)34(27(25)33-29(32-18)39-23-11-7-21(30)8-12-23)22-9-5-20(6-10-22)28(36)31-17-19-3-13-24(14-4-19)40(2,37)38/h3-16H,17H2,1-2H3,(H,31,36). The minimum atomic E-state index is -3.30. The summed E-state index contributed by atoms with van der Waals surface area (Å²) in [7, 11) is -3.30. The maximum absolute atomic E-state index is 13.3. The molecule has 0 aliphatic heterocycles. The monoisotopic (exact) mass is 558 g/mol. The highest BCUT2D eigenvalue weighted by molar-refractivity contribution is 7.90. The van der Waals surface area contributed by atoms with Gasteiger partial charge < -0.3 is 10.1 Å². The number of carbonyl (C=O) groups is 1. The molecule has 0 spiro atoms. The van der Waals surface area contributed by atoms with E-state index in [-0.39, 0.29) is 28.9 Å². The van der Waals surface area contributed by atoms with Gasteiger partial charge in [-0.1, -0.05) is 12.1 Å². The van der Waals surface area contributed by atoms with Crippen LogP contribution in [0.2, 0.25) is 0 Å². The van der Waals surface area contributed by atoms with Gasteiger partial charge in [-0.15, -0.1) is 0 Å². The van der Waals surface area contributed by atoms with Gasteiger partial charge in [-0.05, 0) is 79.2 Å². The zero-order valence-corrected chi connectivity index (χ0v) is 22.3. The van der Waals surface area contributed by atoms with E-state index in [0.29, 0.717) is 33.7 Å². The van der Waals surface area contributed by atoms with E-state index in [1.54, 1.807) is 49.4 Å². The number of benzene rings is 3. The molecule has 5 aromatic rings. The van der Waals surface area contributed by atoms with Crippen LogP contribution in [0.4, 0.5) is 4.39 Å². The summed E-state index contributed by atoms with van der Waals surface area (Å²) in [4.78, 5) is 34.7. The second-order valence-electron chi connectivity index (χ2n) is 9.04. The molecule has 202 valence electrons. The first-order valence-electron chi connectivity index (χ1n) is 12.1. The highest BCUT2D eigenvalue weighted by Gasteiger charge is 2.14. The van der Waals surface area contributed by atoms with Gasteiger partial charge in [-0.25, -0.2) is 12.8 Å². The van der Waals surface area contributed by atoms with Crippen LogP contribution >= 0.6 is 0 Å². The van der Waals surface area contributed by atoms with E-state index in [4.69, 9.17) is 4.74 Å². The number of hydrogen-bond donors (Lipinski definition) is 1. The van der Waals surface area contributed by atoms with Gasteiger partial charge in [0.25, 0.3) is 11.5 Å². The molecular weight excluding hydrogens is 535 g/mol. The molecule has 2 aromatic heterocycles. The van der Waals surface area contributed by atoms with Crippen molar-refractivity contribution in [2.75, 3.05) is 6.26 Å².